The Hall–Kier alpha value is -1.55. The minimum atomic E-state index is -0.393. The molecule has 110 valence electrons. The molecule has 2 rings (SSSR count). The Morgan fingerprint density at radius 3 is 2.35 bits per heavy atom. The zero-order valence-corrected chi connectivity index (χ0v) is 12.7. The predicted octanol–water partition coefficient (Wildman–Crippen LogP) is 3.58. The number of carbonyl (C=O) groups excluding carboxylic acids is 1. The number of amides is 2. The molecule has 1 aromatic carbocycles. The normalized spacial score (nSPS) is 17.4. The lowest BCUT2D eigenvalue weighted by molar-refractivity contribution is 0.248. The first kappa shape index (κ1) is 14.9. The van der Waals surface area contributed by atoms with Crippen LogP contribution in [0.5, 0.6) is 0 Å². The third kappa shape index (κ3) is 3.73. The molecule has 1 saturated heterocycles. The van der Waals surface area contributed by atoms with Crippen molar-refractivity contribution in [3.63, 3.8) is 0 Å². The number of hydrazine groups is 1. The molecule has 1 heterocycles. The molecule has 2 amide bonds. The van der Waals surface area contributed by atoms with Crippen molar-refractivity contribution in [2.24, 2.45) is 0 Å². The van der Waals surface area contributed by atoms with Gasteiger partial charge >= 0.3 is 6.03 Å². The van der Waals surface area contributed by atoms with Gasteiger partial charge in [-0.05, 0) is 44.4 Å². The first-order valence-electron chi connectivity index (χ1n) is 7.51. The van der Waals surface area contributed by atoms with Crippen molar-refractivity contribution in [3.8, 4) is 0 Å². The first-order chi connectivity index (χ1) is 9.52. The van der Waals surface area contributed by atoms with Gasteiger partial charge in [0.2, 0.25) is 0 Å². The first-order valence-corrected chi connectivity index (χ1v) is 7.51. The number of benzene rings is 1. The summed E-state index contributed by atoms with van der Waals surface area (Å²) in [6.07, 6.45) is 6.23. The molecule has 0 unspecified atom stereocenters. The van der Waals surface area contributed by atoms with Crippen LogP contribution in [0, 0.1) is 0 Å². The molecule has 20 heavy (non-hydrogen) atoms. The molecule has 4 heteroatoms. The Morgan fingerprint density at radius 2 is 1.80 bits per heavy atom. The van der Waals surface area contributed by atoms with Crippen molar-refractivity contribution in [3.05, 3.63) is 29.8 Å². The van der Waals surface area contributed by atoms with E-state index in [1.807, 2.05) is 26.0 Å². The molecule has 1 fully saturated rings. The lowest BCUT2D eigenvalue weighted by Crippen LogP contribution is -2.45. The molecule has 4 nitrogen and oxygen atoms in total. The highest BCUT2D eigenvalue weighted by Crippen LogP contribution is 2.20. The Labute approximate surface area is 121 Å². The van der Waals surface area contributed by atoms with Crippen molar-refractivity contribution in [2.45, 2.75) is 58.5 Å². The van der Waals surface area contributed by atoms with Crippen LogP contribution in [0.1, 0.15) is 52.0 Å². The van der Waals surface area contributed by atoms with Crippen molar-refractivity contribution in [1.29, 1.82) is 0 Å². The lowest BCUT2D eigenvalue weighted by Gasteiger charge is -2.20. The van der Waals surface area contributed by atoms with Crippen molar-refractivity contribution in [1.82, 2.24) is 10.7 Å². The maximum absolute atomic E-state index is 11.9. The van der Waals surface area contributed by atoms with Crippen LogP contribution < -0.4 is 15.8 Å². The standard InChI is InChI=1S/C16H25N3O/c1-4-5-6-7-8-13-9-11-14(12-10-13)19-15(20)17-16(2,3)18-19/h9-12,18H,4-8H2,1-3H3,(H,17,20). The van der Waals surface area contributed by atoms with Crippen LogP contribution >= 0.6 is 0 Å². The third-order valence-corrected chi connectivity index (χ3v) is 3.53. The van der Waals surface area contributed by atoms with Crippen molar-refractivity contribution < 1.29 is 4.79 Å². The van der Waals surface area contributed by atoms with Crippen LogP contribution in [0.25, 0.3) is 0 Å². The van der Waals surface area contributed by atoms with Gasteiger partial charge in [-0.1, -0.05) is 38.3 Å². The summed E-state index contributed by atoms with van der Waals surface area (Å²) < 4.78 is 0. The van der Waals surface area contributed by atoms with Crippen LogP contribution in [-0.4, -0.2) is 11.7 Å². The van der Waals surface area contributed by atoms with Gasteiger partial charge in [0.25, 0.3) is 0 Å². The summed E-state index contributed by atoms with van der Waals surface area (Å²) in [5.41, 5.74) is 4.97. The number of unbranched alkanes of at least 4 members (excludes halogenated alkanes) is 3. The quantitative estimate of drug-likeness (QED) is 0.779. The highest BCUT2D eigenvalue weighted by Gasteiger charge is 2.34. The summed E-state index contributed by atoms with van der Waals surface area (Å²) in [5, 5.41) is 4.45. The zero-order valence-electron chi connectivity index (χ0n) is 12.7. The van der Waals surface area contributed by atoms with Gasteiger partial charge in [-0.15, -0.1) is 0 Å². The Morgan fingerprint density at radius 1 is 1.10 bits per heavy atom. The van der Waals surface area contributed by atoms with Crippen LogP contribution in [0.2, 0.25) is 0 Å². The molecule has 0 radical (unpaired) electrons. The Bertz CT molecular complexity index is 453. The smallest absolute Gasteiger partial charge is 0.317 e. The number of hydrogen-bond acceptors (Lipinski definition) is 2. The van der Waals surface area contributed by atoms with Gasteiger partial charge in [0.15, 0.2) is 0 Å². The van der Waals surface area contributed by atoms with Crippen molar-refractivity contribution >= 4 is 11.7 Å². The second kappa shape index (κ2) is 6.27. The topological polar surface area (TPSA) is 44.4 Å². The minimum Gasteiger partial charge on any atom is -0.317 e. The van der Waals surface area contributed by atoms with Gasteiger partial charge in [-0.25, -0.2) is 15.2 Å². The maximum atomic E-state index is 11.9. The number of urea groups is 1. The summed E-state index contributed by atoms with van der Waals surface area (Å²) in [4.78, 5) is 11.9. The number of aryl methyl sites for hydroxylation is 1. The van der Waals surface area contributed by atoms with Gasteiger partial charge in [-0.3, -0.25) is 0 Å². The monoisotopic (exact) mass is 275 g/mol. The molecule has 0 aromatic heterocycles. The second-order valence-electron chi connectivity index (χ2n) is 5.98. The zero-order chi connectivity index (χ0) is 14.6. The van der Waals surface area contributed by atoms with E-state index in [0.29, 0.717) is 0 Å². The fourth-order valence-corrected chi connectivity index (χ4v) is 2.43. The molecule has 1 aliphatic rings. The molecule has 1 aliphatic heterocycles. The van der Waals surface area contributed by atoms with Gasteiger partial charge in [0, 0.05) is 0 Å². The Balaban J connectivity index is 1.93. The lowest BCUT2D eigenvalue weighted by atomic mass is 10.1. The molecule has 0 saturated carbocycles. The molecular formula is C16H25N3O. The SMILES string of the molecule is CCCCCCc1ccc(N2NC(C)(C)NC2=O)cc1. The Kier molecular flexibility index (Phi) is 4.65. The number of nitrogens with zero attached hydrogens (tertiary/aromatic N) is 1. The minimum absolute atomic E-state index is 0.106. The van der Waals surface area contributed by atoms with E-state index in [0.717, 1.165) is 12.1 Å². The van der Waals surface area contributed by atoms with E-state index in [1.54, 1.807) is 5.01 Å². The average molecular weight is 275 g/mol. The number of nitrogens with one attached hydrogen (secondary N) is 2. The average Bonchev–Trinajstić information content (AvgIpc) is 2.69. The van der Waals surface area contributed by atoms with Crippen LogP contribution in [0.4, 0.5) is 10.5 Å². The summed E-state index contributed by atoms with van der Waals surface area (Å²) in [6.45, 7) is 6.10. The molecule has 0 spiro atoms. The van der Waals surface area contributed by atoms with E-state index in [9.17, 15) is 4.79 Å². The molecule has 2 N–H and O–H groups in total. The van der Waals surface area contributed by atoms with Crippen LogP contribution in [0.3, 0.4) is 0 Å². The molecule has 0 atom stereocenters. The van der Waals surface area contributed by atoms with Gasteiger partial charge < -0.3 is 5.32 Å². The van der Waals surface area contributed by atoms with E-state index in [-0.39, 0.29) is 6.03 Å². The van der Waals surface area contributed by atoms with E-state index in [4.69, 9.17) is 0 Å². The molecule has 0 bridgehead atoms. The largest absolute Gasteiger partial charge is 0.338 e. The molecular weight excluding hydrogens is 250 g/mol. The van der Waals surface area contributed by atoms with E-state index in [1.165, 1.54) is 31.2 Å². The summed E-state index contributed by atoms with van der Waals surface area (Å²) in [7, 11) is 0. The van der Waals surface area contributed by atoms with Gasteiger partial charge in [0.05, 0.1) is 5.69 Å². The maximum Gasteiger partial charge on any atom is 0.338 e. The molecule has 1 aromatic rings. The van der Waals surface area contributed by atoms with Gasteiger partial charge in [0.1, 0.15) is 5.66 Å². The van der Waals surface area contributed by atoms with Crippen molar-refractivity contribution in [2.75, 3.05) is 5.01 Å². The number of hydrogen-bond donors (Lipinski definition) is 2. The van der Waals surface area contributed by atoms with E-state index in [2.05, 4.69) is 29.8 Å². The fraction of sp³-hybridized carbons (Fsp3) is 0.562. The number of rotatable bonds is 6. The van der Waals surface area contributed by atoms with Crippen LogP contribution in [0.15, 0.2) is 24.3 Å². The molecule has 0 aliphatic carbocycles. The second-order valence-corrected chi connectivity index (χ2v) is 5.98. The van der Waals surface area contributed by atoms with Gasteiger partial charge in [-0.2, -0.15) is 0 Å². The number of anilines is 1. The van der Waals surface area contributed by atoms with Crippen LogP contribution in [-0.2, 0) is 6.42 Å². The fourth-order valence-electron chi connectivity index (χ4n) is 2.43. The highest BCUT2D eigenvalue weighted by atomic mass is 16.2. The summed E-state index contributed by atoms with van der Waals surface area (Å²) in [6, 6.07) is 8.13. The summed E-state index contributed by atoms with van der Waals surface area (Å²) >= 11 is 0. The predicted molar refractivity (Wildman–Crippen MR) is 82.5 cm³/mol. The van der Waals surface area contributed by atoms with E-state index >= 15 is 0 Å². The highest BCUT2D eigenvalue weighted by molar-refractivity contribution is 5.93. The van der Waals surface area contributed by atoms with E-state index < -0.39 is 5.66 Å². The number of carbonyl (C=O) groups is 1. The third-order valence-electron chi connectivity index (χ3n) is 3.53. The summed E-state index contributed by atoms with van der Waals surface area (Å²) in [5.74, 6) is 0.